The van der Waals surface area contributed by atoms with Crippen molar-refractivity contribution in [3.8, 4) is 11.3 Å². The van der Waals surface area contributed by atoms with Gasteiger partial charge in [0.15, 0.2) is 0 Å². The monoisotopic (exact) mass is 505 g/mol. The van der Waals surface area contributed by atoms with Crippen molar-refractivity contribution in [2.45, 2.75) is 57.9 Å². The summed E-state index contributed by atoms with van der Waals surface area (Å²) >= 11 is 4.25. The number of ether oxygens (including phenoxy) is 1. The number of carbonyl (C=O) groups excluding carboxylic acids is 1. The molecule has 2 aliphatic rings. The van der Waals surface area contributed by atoms with E-state index in [4.69, 9.17) is 9.72 Å². The van der Waals surface area contributed by atoms with Crippen LogP contribution in [0.2, 0.25) is 0 Å². The molecule has 7 nitrogen and oxygen atoms in total. The van der Waals surface area contributed by atoms with E-state index in [1.807, 2.05) is 38.1 Å². The van der Waals surface area contributed by atoms with Gasteiger partial charge in [0.2, 0.25) is 0 Å². The lowest BCUT2D eigenvalue weighted by Crippen LogP contribution is -2.35. The van der Waals surface area contributed by atoms with E-state index >= 15 is 0 Å². The van der Waals surface area contributed by atoms with Crippen molar-refractivity contribution in [1.29, 1.82) is 0 Å². The Balaban J connectivity index is 1.40. The first kappa shape index (κ1) is 24.9. The second-order valence-corrected chi connectivity index (χ2v) is 10.5. The van der Waals surface area contributed by atoms with Gasteiger partial charge < -0.3 is 19.5 Å². The summed E-state index contributed by atoms with van der Waals surface area (Å²) in [4.78, 5) is 19.8. The highest BCUT2D eigenvalue weighted by Crippen LogP contribution is 2.36. The number of piperidine rings is 1. The molecule has 2 amide bonds. The number of nitrogens with zero attached hydrogens (tertiary/aromatic N) is 4. The van der Waals surface area contributed by atoms with Crippen LogP contribution in [0.25, 0.3) is 11.3 Å². The SMILES string of the molecule is CC(C)N(S)C(=O)Nc1ccc(-c2cn3c(n2)C(OC2CCN(C)CC2)c2ccccc2CC3)cc1. The summed E-state index contributed by atoms with van der Waals surface area (Å²) in [6, 6.07) is 16.2. The van der Waals surface area contributed by atoms with Gasteiger partial charge in [0, 0.05) is 43.1 Å². The molecule has 1 fully saturated rings. The maximum Gasteiger partial charge on any atom is 0.331 e. The van der Waals surface area contributed by atoms with Crippen LogP contribution in [0, 0.1) is 0 Å². The van der Waals surface area contributed by atoms with E-state index < -0.39 is 0 Å². The minimum Gasteiger partial charge on any atom is -0.362 e. The van der Waals surface area contributed by atoms with Crippen molar-refractivity contribution in [2.75, 3.05) is 25.5 Å². The van der Waals surface area contributed by atoms with Crippen LogP contribution in [0.4, 0.5) is 10.5 Å². The highest BCUT2D eigenvalue weighted by Gasteiger charge is 2.30. The smallest absolute Gasteiger partial charge is 0.331 e. The molecule has 0 aliphatic carbocycles. The number of aryl methyl sites for hydroxylation is 2. The molecule has 0 spiro atoms. The number of aromatic nitrogens is 2. The maximum absolute atomic E-state index is 12.3. The summed E-state index contributed by atoms with van der Waals surface area (Å²) in [5, 5.41) is 2.89. The number of nitrogens with one attached hydrogen (secondary N) is 1. The number of hydrogen-bond donors (Lipinski definition) is 2. The zero-order valence-electron chi connectivity index (χ0n) is 21.2. The molecule has 190 valence electrons. The first-order chi connectivity index (χ1) is 17.4. The zero-order valence-corrected chi connectivity index (χ0v) is 22.1. The Labute approximate surface area is 219 Å². The number of thiol groups is 1. The fourth-order valence-electron chi connectivity index (χ4n) is 4.94. The summed E-state index contributed by atoms with van der Waals surface area (Å²) in [6.45, 7) is 6.82. The number of amides is 2. The predicted molar refractivity (Wildman–Crippen MR) is 146 cm³/mol. The second-order valence-electron chi connectivity index (χ2n) is 10.1. The fraction of sp³-hybridized carbons (Fsp3) is 0.429. The standard InChI is InChI=1S/C28H35N5O2S/c1-19(2)33(36)28(34)29-22-10-8-21(9-11-22)25-18-32-17-12-20-6-4-5-7-24(20)26(27(32)30-25)35-23-13-15-31(3)16-14-23/h4-11,18-19,23,26,36H,12-17H2,1-3H3,(H,29,34). The average molecular weight is 506 g/mol. The zero-order chi connectivity index (χ0) is 25.2. The summed E-state index contributed by atoms with van der Waals surface area (Å²) in [7, 11) is 2.17. The summed E-state index contributed by atoms with van der Waals surface area (Å²) in [5.74, 6) is 0.967. The van der Waals surface area contributed by atoms with E-state index in [0.29, 0.717) is 0 Å². The Hall–Kier alpha value is -2.81. The molecular formula is C28H35N5O2S. The Kier molecular flexibility index (Phi) is 7.37. The highest BCUT2D eigenvalue weighted by molar-refractivity contribution is 7.78. The minimum atomic E-state index is -0.248. The van der Waals surface area contributed by atoms with Crippen LogP contribution in [0.3, 0.4) is 0 Å². The lowest BCUT2D eigenvalue weighted by Gasteiger charge is -2.32. The van der Waals surface area contributed by atoms with Crippen LogP contribution in [0.15, 0.2) is 54.7 Å². The number of hydrogen-bond acceptors (Lipinski definition) is 5. The molecule has 0 radical (unpaired) electrons. The largest absolute Gasteiger partial charge is 0.362 e. The van der Waals surface area contributed by atoms with Gasteiger partial charge in [-0.15, -0.1) is 0 Å². The second kappa shape index (κ2) is 10.7. The molecule has 1 unspecified atom stereocenters. The number of carbonyl (C=O) groups is 1. The molecule has 5 rings (SSSR count). The van der Waals surface area contributed by atoms with Gasteiger partial charge in [0.1, 0.15) is 11.9 Å². The molecule has 2 aliphatic heterocycles. The maximum atomic E-state index is 12.3. The van der Waals surface area contributed by atoms with Gasteiger partial charge in [-0.1, -0.05) is 49.2 Å². The number of rotatable bonds is 5. The Morgan fingerprint density at radius 3 is 2.56 bits per heavy atom. The third-order valence-electron chi connectivity index (χ3n) is 7.12. The number of imidazole rings is 1. The van der Waals surface area contributed by atoms with Crippen molar-refractivity contribution in [1.82, 2.24) is 18.8 Å². The summed E-state index contributed by atoms with van der Waals surface area (Å²) in [5.41, 5.74) is 5.21. The molecule has 1 N–H and O–H groups in total. The van der Waals surface area contributed by atoms with Gasteiger partial charge >= 0.3 is 6.03 Å². The van der Waals surface area contributed by atoms with E-state index in [9.17, 15) is 4.79 Å². The molecular weight excluding hydrogens is 470 g/mol. The van der Waals surface area contributed by atoms with Crippen LogP contribution in [0.1, 0.15) is 49.7 Å². The predicted octanol–water partition coefficient (Wildman–Crippen LogP) is 5.39. The number of urea groups is 1. The van der Waals surface area contributed by atoms with Gasteiger partial charge in [0.05, 0.1) is 11.8 Å². The number of anilines is 1. The molecule has 2 aromatic carbocycles. The van der Waals surface area contributed by atoms with Gasteiger partial charge in [-0.05, 0) is 63.4 Å². The fourth-order valence-corrected chi connectivity index (χ4v) is 4.99. The Morgan fingerprint density at radius 1 is 1.11 bits per heavy atom. The molecule has 3 aromatic rings. The lowest BCUT2D eigenvalue weighted by atomic mass is 10.00. The quantitative estimate of drug-likeness (QED) is 0.456. The van der Waals surface area contributed by atoms with Crippen molar-refractivity contribution in [3.05, 3.63) is 71.7 Å². The summed E-state index contributed by atoms with van der Waals surface area (Å²) < 4.78 is 10.4. The van der Waals surface area contributed by atoms with Crippen LogP contribution < -0.4 is 5.32 Å². The highest BCUT2D eigenvalue weighted by atomic mass is 32.1. The third-order valence-corrected chi connectivity index (χ3v) is 7.77. The van der Waals surface area contributed by atoms with Crippen molar-refractivity contribution < 1.29 is 9.53 Å². The molecule has 0 saturated carbocycles. The molecule has 1 atom stereocenters. The number of likely N-dealkylation sites (tertiary alicyclic amines) is 1. The number of fused-ring (bicyclic) bond motifs is 2. The Bertz CT molecular complexity index is 1200. The van der Waals surface area contributed by atoms with Crippen LogP contribution >= 0.6 is 12.8 Å². The van der Waals surface area contributed by atoms with E-state index in [1.165, 1.54) is 15.4 Å². The molecule has 36 heavy (non-hydrogen) atoms. The molecule has 1 aromatic heterocycles. The Morgan fingerprint density at radius 2 is 1.83 bits per heavy atom. The molecule has 0 bridgehead atoms. The van der Waals surface area contributed by atoms with E-state index in [0.717, 1.165) is 61.7 Å². The van der Waals surface area contributed by atoms with Crippen molar-refractivity contribution >= 4 is 24.5 Å². The third kappa shape index (κ3) is 5.31. The van der Waals surface area contributed by atoms with Crippen molar-refractivity contribution in [2.24, 2.45) is 0 Å². The van der Waals surface area contributed by atoms with Crippen LogP contribution in [-0.2, 0) is 17.7 Å². The average Bonchev–Trinajstić information content (AvgIpc) is 3.25. The van der Waals surface area contributed by atoms with Gasteiger partial charge in [0.25, 0.3) is 0 Å². The normalized spacial score (nSPS) is 18.4. The van der Waals surface area contributed by atoms with Crippen molar-refractivity contribution in [3.63, 3.8) is 0 Å². The first-order valence-corrected chi connectivity index (χ1v) is 13.2. The van der Waals surface area contributed by atoms with Crippen LogP contribution in [-0.4, -0.2) is 57.1 Å². The molecule has 1 saturated heterocycles. The van der Waals surface area contributed by atoms with Gasteiger partial charge in [-0.3, -0.25) is 4.31 Å². The first-order valence-electron chi connectivity index (χ1n) is 12.8. The lowest BCUT2D eigenvalue weighted by molar-refractivity contribution is -0.0275. The van der Waals surface area contributed by atoms with Gasteiger partial charge in [-0.2, -0.15) is 0 Å². The van der Waals surface area contributed by atoms with E-state index in [1.54, 1.807) is 0 Å². The number of benzene rings is 2. The molecule has 3 heterocycles. The molecule has 8 heteroatoms. The topological polar surface area (TPSA) is 62.6 Å². The summed E-state index contributed by atoms with van der Waals surface area (Å²) in [6.07, 6.45) is 5.21. The van der Waals surface area contributed by atoms with Crippen LogP contribution in [0.5, 0.6) is 0 Å². The van der Waals surface area contributed by atoms with E-state index in [2.05, 4.69) is 65.1 Å². The minimum absolute atomic E-state index is 0.00312. The van der Waals surface area contributed by atoms with Gasteiger partial charge in [-0.25, -0.2) is 9.78 Å². The van der Waals surface area contributed by atoms with E-state index in [-0.39, 0.29) is 24.3 Å².